The van der Waals surface area contributed by atoms with E-state index in [2.05, 4.69) is 20.6 Å². The molecule has 9 nitrogen and oxygen atoms in total. The fraction of sp³-hybridized carbons (Fsp3) is 0.133. The van der Waals surface area contributed by atoms with Gasteiger partial charge >= 0.3 is 0 Å². The first-order chi connectivity index (χ1) is 19.5. The lowest BCUT2D eigenvalue weighted by Gasteiger charge is -2.21. The number of para-hydroxylation sites is 1. The first-order valence-corrected chi connectivity index (χ1v) is 13.2. The van der Waals surface area contributed by atoms with Crippen LogP contribution >= 0.6 is 23.2 Å². The van der Waals surface area contributed by atoms with Gasteiger partial charge in [0.25, 0.3) is 0 Å². The molecular formula is C30H25Cl2N5O4. The molecule has 4 aromatic rings. The van der Waals surface area contributed by atoms with Crippen molar-refractivity contribution in [3.05, 3.63) is 99.3 Å². The lowest BCUT2D eigenvalue weighted by Crippen LogP contribution is -2.37. The minimum atomic E-state index is -0.505. The highest BCUT2D eigenvalue weighted by Crippen LogP contribution is 2.36. The number of anilines is 2. The summed E-state index contributed by atoms with van der Waals surface area (Å²) in [5.74, 6) is -1.26. The van der Waals surface area contributed by atoms with Gasteiger partial charge < -0.3 is 15.5 Å². The Kier molecular flexibility index (Phi) is 9.11. The number of rotatable bonds is 8. The molecule has 0 fully saturated rings. The van der Waals surface area contributed by atoms with Gasteiger partial charge in [0, 0.05) is 42.9 Å². The highest BCUT2D eigenvalue weighted by molar-refractivity contribution is 6.43. The molecule has 0 atom stereocenters. The zero-order chi connectivity index (χ0) is 29.7. The van der Waals surface area contributed by atoms with Crippen LogP contribution in [0.3, 0.4) is 0 Å². The molecule has 0 spiro atoms. The number of likely N-dealkylation sites (N-methyl/N-ethyl adjacent to an activating group) is 1. The van der Waals surface area contributed by atoms with Crippen molar-refractivity contribution in [2.75, 3.05) is 23.8 Å². The third kappa shape index (κ3) is 6.95. The molecule has 0 aliphatic heterocycles. The van der Waals surface area contributed by atoms with Crippen molar-refractivity contribution in [1.29, 1.82) is 0 Å². The number of amides is 3. The number of nitrogens with one attached hydrogen (secondary N) is 2. The Morgan fingerprint density at radius 1 is 1.00 bits per heavy atom. The Bertz CT molecular complexity index is 1700. The van der Waals surface area contributed by atoms with Crippen molar-refractivity contribution in [2.24, 2.45) is 0 Å². The number of hydrogen-bond donors (Lipinski definition) is 2. The molecule has 4 rings (SSSR count). The minimum Gasteiger partial charge on any atom is -0.343 e. The van der Waals surface area contributed by atoms with Gasteiger partial charge in [0.2, 0.25) is 17.7 Å². The summed E-state index contributed by atoms with van der Waals surface area (Å²) in [7, 11) is 1.48. The normalized spacial score (nSPS) is 11.0. The number of halogens is 2. The number of fused-ring (bicyclic) bond motifs is 1. The van der Waals surface area contributed by atoms with Gasteiger partial charge in [-0.05, 0) is 55.0 Å². The summed E-state index contributed by atoms with van der Waals surface area (Å²) in [6.45, 7) is 2.89. The zero-order valence-electron chi connectivity index (χ0n) is 22.4. The van der Waals surface area contributed by atoms with Gasteiger partial charge in [-0.1, -0.05) is 41.4 Å². The molecular weight excluding hydrogens is 565 g/mol. The Morgan fingerprint density at radius 3 is 2.49 bits per heavy atom. The topological polar surface area (TPSA) is 121 Å². The molecule has 2 N–H and O–H groups in total. The molecule has 0 bridgehead atoms. The number of aryl methyl sites for hydroxylation is 1. The second kappa shape index (κ2) is 12.7. The van der Waals surface area contributed by atoms with Gasteiger partial charge in [-0.2, -0.15) is 0 Å². The molecule has 2 heterocycles. The van der Waals surface area contributed by atoms with E-state index in [4.69, 9.17) is 23.2 Å². The minimum absolute atomic E-state index is 0.00411. The van der Waals surface area contributed by atoms with Crippen LogP contribution in [0.2, 0.25) is 10.0 Å². The van der Waals surface area contributed by atoms with Gasteiger partial charge in [-0.15, -0.1) is 0 Å². The predicted molar refractivity (Wildman–Crippen MR) is 160 cm³/mol. The summed E-state index contributed by atoms with van der Waals surface area (Å²) < 4.78 is 0. The van der Waals surface area contributed by atoms with E-state index >= 15 is 0 Å². The predicted octanol–water partition coefficient (Wildman–Crippen LogP) is 5.23. The molecule has 208 valence electrons. The van der Waals surface area contributed by atoms with Crippen molar-refractivity contribution < 1.29 is 19.2 Å². The standard InChI is InChI=1S/C30H25Cl2N5O4/c1-17-7-10-20-5-4-6-21(29(20)35-17)30(41)27-22(31)11-12-23(28(27)32)37(3)26(40)16-34-25(39)14-9-19-8-13-24(33-15-19)36-18(2)38/h4-15H,16H2,1-3H3,(H,34,39)(H,33,36,38)/b14-9+. The smallest absolute Gasteiger partial charge is 0.246 e. The molecule has 0 saturated carbocycles. The molecule has 0 unspecified atom stereocenters. The zero-order valence-corrected chi connectivity index (χ0v) is 23.9. The van der Waals surface area contributed by atoms with Crippen LogP contribution in [0.5, 0.6) is 0 Å². The van der Waals surface area contributed by atoms with Crippen molar-refractivity contribution >= 4 is 75.2 Å². The van der Waals surface area contributed by atoms with Crippen molar-refractivity contribution in [2.45, 2.75) is 13.8 Å². The van der Waals surface area contributed by atoms with E-state index < -0.39 is 17.6 Å². The van der Waals surface area contributed by atoms with E-state index in [1.165, 1.54) is 49.4 Å². The number of carbonyl (C=O) groups is 4. The van der Waals surface area contributed by atoms with E-state index in [9.17, 15) is 19.2 Å². The molecule has 41 heavy (non-hydrogen) atoms. The Hall–Kier alpha value is -4.60. The van der Waals surface area contributed by atoms with Crippen LogP contribution < -0.4 is 15.5 Å². The Balaban J connectivity index is 1.47. The molecule has 2 aromatic heterocycles. The van der Waals surface area contributed by atoms with Gasteiger partial charge in [0.05, 0.1) is 33.4 Å². The molecule has 0 saturated heterocycles. The van der Waals surface area contributed by atoms with Crippen LogP contribution in [0.1, 0.15) is 34.1 Å². The lowest BCUT2D eigenvalue weighted by molar-refractivity contribution is -0.122. The first-order valence-electron chi connectivity index (χ1n) is 12.4. The van der Waals surface area contributed by atoms with Crippen LogP contribution in [0.25, 0.3) is 17.0 Å². The highest BCUT2D eigenvalue weighted by Gasteiger charge is 2.24. The maximum absolute atomic E-state index is 13.6. The largest absolute Gasteiger partial charge is 0.343 e. The second-order valence-corrected chi connectivity index (χ2v) is 9.86. The summed E-state index contributed by atoms with van der Waals surface area (Å²) in [5, 5.41) is 6.00. The van der Waals surface area contributed by atoms with E-state index in [1.54, 1.807) is 24.3 Å². The van der Waals surface area contributed by atoms with Gasteiger partial charge in [-0.3, -0.25) is 24.2 Å². The highest BCUT2D eigenvalue weighted by atomic mass is 35.5. The van der Waals surface area contributed by atoms with E-state index in [0.717, 1.165) is 11.1 Å². The quantitative estimate of drug-likeness (QED) is 0.214. The van der Waals surface area contributed by atoms with Gasteiger partial charge in [0.1, 0.15) is 5.82 Å². The van der Waals surface area contributed by atoms with Crippen LogP contribution in [0.4, 0.5) is 11.5 Å². The molecule has 11 heteroatoms. The SMILES string of the molecule is CC(=O)Nc1ccc(/C=C/C(=O)NCC(=O)N(C)c2ccc(Cl)c(C(=O)c3cccc4ccc(C)nc34)c2Cl)cn1. The number of benzene rings is 2. The maximum atomic E-state index is 13.6. The third-order valence-corrected chi connectivity index (χ3v) is 6.77. The molecule has 3 amide bonds. The van der Waals surface area contributed by atoms with Crippen molar-refractivity contribution in [3.8, 4) is 0 Å². The molecule has 2 aromatic carbocycles. The summed E-state index contributed by atoms with van der Waals surface area (Å²) in [6.07, 6.45) is 4.27. The Morgan fingerprint density at radius 2 is 1.78 bits per heavy atom. The van der Waals surface area contributed by atoms with E-state index in [1.807, 2.05) is 25.1 Å². The molecule has 0 aliphatic rings. The number of ketones is 1. The lowest BCUT2D eigenvalue weighted by atomic mass is 9.99. The maximum Gasteiger partial charge on any atom is 0.246 e. The number of carbonyl (C=O) groups excluding carboxylic acids is 4. The molecule has 0 radical (unpaired) electrons. The van der Waals surface area contributed by atoms with Gasteiger partial charge in [0.15, 0.2) is 5.78 Å². The van der Waals surface area contributed by atoms with E-state index in [0.29, 0.717) is 22.5 Å². The van der Waals surface area contributed by atoms with Crippen LogP contribution in [0, 0.1) is 6.92 Å². The van der Waals surface area contributed by atoms with Crippen LogP contribution in [-0.2, 0) is 14.4 Å². The number of pyridine rings is 2. The third-order valence-electron chi connectivity index (χ3n) is 6.07. The first kappa shape index (κ1) is 29.4. The summed E-state index contributed by atoms with van der Waals surface area (Å²) in [6, 6.07) is 15.3. The fourth-order valence-corrected chi connectivity index (χ4v) is 4.64. The summed E-state index contributed by atoms with van der Waals surface area (Å²) in [5.41, 5.74) is 2.53. The van der Waals surface area contributed by atoms with Crippen LogP contribution in [0.15, 0.2) is 66.9 Å². The molecule has 0 aliphatic carbocycles. The Labute approximate surface area is 246 Å². The second-order valence-electron chi connectivity index (χ2n) is 9.08. The van der Waals surface area contributed by atoms with E-state index in [-0.39, 0.29) is 33.7 Å². The van der Waals surface area contributed by atoms with Gasteiger partial charge in [-0.25, -0.2) is 4.98 Å². The average molecular weight is 590 g/mol. The van der Waals surface area contributed by atoms with Crippen molar-refractivity contribution in [1.82, 2.24) is 15.3 Å². The number of aromatic nitrogens is 2. The average Bonchev–Trinajstić information content (AvgIpc) is 2.94. The number of nitrogens with zero attached hydrogens (tertiary/aromatic N) is 3. The summed E-state index contributed by atoms with van der Waals surface area (Å²) >= 11 is 13.1. The monoisotopic (exact) mass is 589 g/mol. The fourth-order valence-electron chi connectivity index (χ4n) is 3.98. The number of hydrogen-bond acceptors (Lipinski definition) is 6. The summed E-state index contributed by atoms with van der Waals surface area (Å²) in [4.78, 5) is 59.8. The van der Waals surface area contributed by atoms with Crippen molar-refractivity contribution in [3.63, 3.8) is 0 Å². The van der Waals surface area contributed by atoms with Crippen LogP contribution in [-0.4, -0.2) is 47.1 Å².